The lowest BCUT2D eigenvalue weighted by Gasteiger charge is -2.24. The second kappa shape index (κ2) is 7.30. The molecule has 0 bridgehead atoms. The lowest BCUT2D eigenvalue weighted by molar-refractivity contribution is -0.274. The molecule has 0 radical (unpaired) electrons. The normalized spacial score (nSPS) is 17.0. The van der Waals surface area contributed by atoms with E-state index in [0.717, 1.165) is 11.3 Å². The Morgan fingerprint density at radius 3 is 2.38 bits per heavy atom. The first kappa shape index (κ1) is 18.1. The van der Waals surface area contributed by atoms with Gasteiger partial charge in [-0.15, -0.1) is 24.9 Å². The van der Waals surface area contributed by atoms with E-state index in [2.05, 4.69) is 4.74 Å². The van der Waals surface area contributed by atoms with Crippen LogP contribution in [0.5, 0.6) is 5.75 Å². The zero-order chi connectivity index (χ0) is 18.7. The van der Waals surface area contributed by atoms with E-state index in [1.165, 1.54) is 24.3 Å². The lowest BCUT2D eigenvalue weighted by atomic mass is 10.1. The van der Waals surface area contributed by atoms with Crippen molar-refractivity contribution in [1.82, 2.24) is 4.90 Å². The van der Waals surface area contributed by atoms with E-state index < -0.39 is 6.36 Å². The average Bonchev–Trinajstić information content (AvgIpc) is 3.10. The molecule has 26 heavy (non-hydrogen) atoms. The van der Waals surface area contributed by atoms with Crippen molar-refractivity contribution in [3.05, 3.63) is 65.2 Å². The molecule has 3 rings (SSSR count). The van der Waals surface area contributed by atoms with Gasteiger partial charge in [-0.05, 0) is 42.0 Å². The van der Waals surface area contributed by atoms with Crippen molar-refractivity contribution in [2.75, 3.05) is 12.3 Å². The van der Waals surface area contributed by atoms with E-state index >= 15 is 0 Å². The smallest absolute Gasteiger partial charge is 0.406 e. The van der Waals surface area contributed by atoms with E-state index in [0.29, 0.717) is 17.7 Å². The minimum absolute atomic E-state index is 0.180. The SMILES string of the molecule is N#Cc1ccc(C(=O)N2CCSC2c2ccc(OC(F)(F)F)cc2)cc1. The van der Waals surface area contributed by atoms with Gasteiger partial charge in [-0.25, -0.2) is 0 Å². The summed E-state index contributed by atoms with van der Waals surface area (Å²) in [7, 11) is 0. The summed E-state index contributed by atoms with van der Waals surface area (Å²) in [5.74, 6) is 0.252. The van der Waals surface area contributed by atoms with Crippen LogP contribution >= 0.6 is 11.8 Å². The summed E-state index contributed by atoms with van der Waals surface area (Å²) in [5, 5.41) is 8.55. The van der Waals surface area contributed by atoms with Gasteiger partial charge in [-0.3, -0.25) is 4.79 Å². The fraction of sp³-hybridized carbons (Fsp3) is 0.222. The van der Waals surface area contributed by atoms with Gasteiger partial charge in [0.1, 0.15) is 11.1 Å². The van der Waals surface area contributed by atoms with Gasteiger partial charge in [-0.2, -0.15) is 5.26 Å². The molecule has 0 aliphatic carbocycles. The van der Waals surface area contributed by atoms with Crippen molar-refractivity contribution in [3.63, 3.8) is 0 Å². The van der Waals surface area contributed by atoms with Gasteiger partial charge < -0.3 is 9.64 Å². The third kappa shape index (κ3) is 4.11. The summed E-state index contributed by atoms with van der Waals surface area (Å²) in [4.78, 5) is 14.4. The minimum atomic E-state index is -4.73. The fourth-order valence-corrected chi connectivity index (χ4v) is 3.90. The summed E-state index contributed by atoms with van der Waals surface area (Å²) in [6.07, 6.45) is -4.73. The predicted octanol–water partition coefficient (Wildman–Crippen LogP) is 4.34. The second-order valence-corrected chi connectivity index (χ2v) is 6.72. The highest BCUT2D eigenvalue weighted by atomic mass is 32.2. The van der Waals surface area contributed by atoms with Gasteiger partial charge in [-0.1, -0.05) is 12.1 Å². The minimum Gasteiger partial charge on any atom is -0.406 e. The number of hydrogen-bond acceptors (Lipinski definition) is 4. The van der Waals surface area contributed by atoms with Crippen molar-refractivity contribution in [1.29, 1.82) is 5.26 Å². The van der Waals surface area contributed by atoms with Crippen LogP contribution in [0, 0.1) is 11.3 Å². The topological polar surface area (TPSA) is 53.3 Å². The number of nitrogens with zero attached hydrogens (tertiary/aromatic N) is 2. The van der Waals surface area contributed by atoms with E-state index in [-0.39, 0.29) is 17.0 Å². The Morgan fingerprint density at radius 1 is 1.15 bits per heavy atom. The molecule has 8 heteroatoms. The van der Waals surface area contributed by atoms with Gasteiger partial charge in [0.15, 0.2) is 0 Å². The van der Waals surface area contributed by atoms with Crippen molar-refractivity contribution in [2.45, 2.75) is 11.7 Å². The van der Waals surface area contributed by atoms with Crippen LogP contribution in [0.1, 0.15) is 26.9 Å². The fourth-order valence-electron chi connectivity index (χ4n) is 2.64. The number of halogens is 3. The Balaban J connectivity index is 1.77. The molecule has 1 amide bonds. The lowest BCUT2D eigenvalue weighted by Crippen LogP contribution is -2.30. The first-order chi connectivity index (χ1) is 12.4. The Kier molecular flexibility index (Phi) is 5.09. The number of rotatable bonds is 3. The maximum atomic E-state index is 12.7. The highest BCUT2D eigenvalue weighted by molar-refractivity contribution is 7.99. The second-order valence-electron chi connectivity index (χ2n) is 5.53. The number of carbonyl (C=O) groups excluding carboxylic acids is 1. The molecule has 4 nitrogen and oxygen atoms in total. The third-order valence-electron chi connectivity index (χ3n) is 3.81. The molecular weight excluding hydrogens is 365 g/mol. The van der Waals surface area contributed by atoms with Crippen molar-refractivity contribution in [3.8, 4) is 11.8 Å². The molecule has 134 valence electrons. The number of carbonyl (C=O) groups is 1. The maximum Gasteiger partial charge on any atom is 0.573 e. The third-order valence-corrected chi connectivity index (χ3v) is 5.07. The first-order valence-electron chi connectivity index (χ1n) is 7.66. The molecular formula is C18H13F3N2O2S. The molecule has 1 aliphatic rings. The Morgan fingerprint density at radius 2 is 1.81 bits per heavy atom. The molecule has 0 spiro atoms. The van der Waals surface area contributed by atoms with Gasteiger partial charge in [0.2, 0.25) is 0 Å². The van der Waals surface area contributed by atoms with E-state index in [9.17, 15) is 18.0 Å². The van der Waals surface area contributed by atoms with Crippen LogP contribution in [0.15, 0.2) is 48.5 Å². The number of amides is 1. The number of hydrogen-bond donors (Lipinski definition) is 0. The van der Waals surface area contributed by atoms with E-state index in [1.54, 1.807) is 40.9 Å². The molecule has 1 atom stereocenters. The summed E-state index contributed by atoms with van der Waals surface area (Å²) in [6.45, 7) is 0.537. The van der Waals surface area contributed by atoms with Crippen LogP contribution in [0.2, 0.25) is 0 Å². The van der Waals surface area contributed by atoms with Crippen molar-refractivity contribution >= 4 is 17.7 Å². The molecule has 2 aromatic carbocycles. The quantitative estimate of drug-likeness (QED) is 0.797. The highest BCUT2D eigenvalue weighted by Crippen LogP contribution is 2.39. The van der Waals surface area contributed by atoms with E-state index in [1.807, 2.05) is 6.07 Å². The number of ether oxygens (including phenoxy) is 1. The Hall–Kier alpha value is -2.66. The summed E-state index contributed by atoms with van der Waals surface area (Å²) in [6, 6.07) is 13.9. The first-order valence-corrected chi connectivity index (χ1v) is 8.71. The van der Waals surface area contributed by atoms with Gasteiger partial charge >= 0.3 is 6.36 Å². The summed E-state index contributed by atoms with van der Waals surface area (Å²) in [5.41, 5.74) is 1.66. The average molecular weight is 378 g/mol. The number of thioether (sulfide) groups is 1. The zero-order valence-corrected chi connectivity index (χ0v) is 14.2. The van der Waals surface area contributed by atoms with Gasteiger partial charge in [0.05, 0.1) is 11.6 Å². The van der Waals surface area contributed by atoms with Crippen molar-refractivity contribution < 1.29 is 22.7 Å². The largest absolute Gasteiger partial charge is 0.573 e. The monoisotopic (exact) mass is 378 g/mol. The molecule has 0 saturated carbocycles. The van der Waals surface area contributed by atoms with Crippen LogP contribution in [0.4, 0.5) is 13.2 Å². The maximum absolute atomic E-state index is 12.7. The van der Waals surface area contributed by atoms with E-state index in [4.69, 9.17) is 5.26 Å². The summed E-state index contributed by atoms with van der Waals surface area (Å²) < 4.78 is 40.6. The molecule has 2 aromatic rings. The molecule has 1 saturated heterocycles. The Labute approximate surface area is 152 Å². The summed E-state index contributed by atoms with van der Waals surface area (Å²) >= 11 is 1.54. The Bertz CT molecular complexity index is 830. The zero-order valence-electron chi connectivity index (χ0n) is 13.4. The van der Waals surface area contributed by atoms with Crippen LogP contribution in [-0.4, -0.2) is 29.5 Å². The molecule has 0 N–H and O–H groups in total. The van der Waals surface area contributed by atoms with Gasteiger partial charge in [0.25, 0.3) is 5.91 Å². The molecule has 1 heterocycles. The number of nitriles is 1. The predicted molar refractivity (Wildman–Crippen MR) is 90.5 cm³/mol. The molecule has 0 aromatic heterocycles. The van der Waals surface area contributed by atoms with Gasteiger partial charge in [0, 0.05) is 17.9 Å². The van der Waals surface area contributed by atoms with Crippen LogP contribution in [0.25, 0.3) is 0 Å². The highest BCUT2D eigenvalue weighted by Gasteiger charge is 2.33. The molecule has 1 fully saturated rings. The number of alkyl halides is 3. The molecule has 1 unspecified atom stereocenters. The van der Waals surface area contributed by atoms with Crippen molar-refractivity contribution in [2.24, 2.45) is 0 Å². The standard InChI is InChI=1S/C18H13F3N2O2S/c19-18(20,21)25-15-7-5-14(6-8-15)17-23(9-10-26-17)16(24)13-3-1-12(11-22)2-4-13/h1-8,17H,9-10H2. The molecule has 1 aliphatic heterocycles. The number of benzene rings is 2. The van der Waals surface area contributed by atoms with Crippen LogP contribution < -0.4 is 4.74 Å². The van der Waals surface area contributed by atoms with Crippen LogP contribution in [0.3, 0.4) is 0 Å². The van der Waals surface area contributed by atoms with Crippen LogP contribution in [-0.2, 0) is 0 Å².